The maximum atomic E-state index is 12.6. The van der Waals surface area contributed by atoms with E-state index in [0.717, 1.165) is 5.69 Å². The maximum absolute atomic E-state index is 12.6. The Kier molecular flexibility index (Phi) is 4.28. The number of benzene rings is 1. The number of nitro groups is 1. The highest BCUT2D eigenvalue weighted by Crippen LogP contribution is 2.30. The van der Waals surface area contributed by atoms with Gasteiger partial charge in [0.2, 0.25) is 5.75 Å². The largest absolute Gasteiger partial charge is 0.502 e. The first kappa shape index (κ1) is 15.7. The van der Waals surface area contributed by atoms with Crippen LogP contribution in [0.25, 0.3) is 0 Å². The fraction of sp³-hybridized carbons (Fsp3) is 0.250. The quantitative estimate of drug-likeness (QED) is 0.679. The monoisotopic (exact) mass is 328 g/mol. The van der Waals surface area contributed by atoms with Gasteiger partial charge in [-0.25, -0.2) is 0 Å². The summed E-state index contributed by atoms with van der Waals surface area (Å²) in [7, 11) is 0. The van der Waals surface area contributed by atoms with Gasteiger partial charge in [0, 0.05) is 50.3 Å². The second-order valence-corrected chi connectivity index (χ2v) is 5.42. The van der Waals surface area contributed by atoms with Gasteiger partial charge < -0.3 is 14.9 Å². The fourth-order valence-corrected chi connectivity index (χ4v) is 2.74. The minimum atomic E-state index is -0.701. The van der Waals surface area contributed by atoms with E-state index in [1.807, 2.05) is 12.1 Å². The van der Waals surface area contributed by atoms with E-state index in [1.165, 1.54) is 18.2 Å². The van der Waals surface area contributed by atoms with Crippen LogP contribution in [0.4, 0.5) is 11.4 Å². The number of pyridine rings is 1. The highest BCUT2D eigenvalue weighted by molar-refractivity contribution is 5.98. The predicted molar refractivity (Wildman–Crippen MR) is 87.1 cm³/mol. The van der Waals surface area contributed by atoms with Gasteiger partial charge in [-0.05, 0) is 18.2 Å². The topological polar surface area (TPSA) is 99.8 Å². The van der Waals surface area contributed by atoms with Crippen molar-refractivity contribution in [3.63, 3.8) is 0 Å². The molecule has 1 fully saturated rings. The van der Waals surface area contributed by atoms with Crippen molar-refractivity contribution in [2.75, 3.05) is 31.1 Å². The number of hydrogen-bond donors (Lipinski definition) is 1. The molecule has 8 nitrogen and oxygen atoms in total. The van der Waals surface area contributed by atoms with Crippen LogP contribution in [0.15, 0.2) is 42.7 Å². The van der Waals surface area contributed by atoms with Crippen LogP contribution in [0, 0.1) is 10.1 Å². The van der Waals surface area contributed by atoms with Gasteiger partial charge >= 0.3 is 5.69 Å². The summed E-state index contributed by atoms with van der Waals surface area (Å²) in [5.41, 5.74) is 0.535. The highest BCUT2D eigenvalue weighted by atomic mass is 16.6. The molecule has 1 aromatic carbocycles. The second-order valence-electron chi connectivity index (χ2n) is 5.42. The Morgan fingerprint density at radius 1 is 1.12 bits per heavy atom. The van der Waals surface area contributed by atoms with Gasteiger partial charge in [0.25, 0.3) is 5.91 Å². The zero-order valence-corrected chi connectivity index (χ0v) is 12.8. The predicted octanol–water partition coefficient (Wildman–Crippen LogP) is 1.66. The number of carbonyl (C=O) groups is 1. The van der Waals surface area contributed by atoms with Gasteiger partial charge in [-0.1, -0.05) is 6.07 Å². The van der Waals surface area contributed by atoms with Crippen molar-refractivity contribution in [1.82, 2.24) is 9.88 Å². The molecule has 24 heavy (non-hydrogen) atoms. The van der Waals surface area contributed by atoms with Crippen LogP contribution >= 0.6 is 0 Å². The summed E-state index contributed by atoms with van der Waals surface area (Å²) >= 11 is 0. The summed E-state index contributed by atoms with van der Waals surface area (Å²) in [6.45, 7) is 2.24. The Hall–Kier alpha value is -3.16. The summed E-state index contributed by atoms with van der Waals surface area (Å²) in [5, 5.41) is 20.9. The Labute approximate surface area is 138 Å². The summed E-state index contributed by atoms with van der Waals surface area (Å²) in [6.07, 6.45) is 3.43. The Balaban J connectivity index is 1.72. The first-order valence-electron chi connectivity index (χ1n) is 7.48. The highest BCUT2D eigenvalue weighted by Gasteiger charge is 2.27. The number of aromatic hydroxyl groups is 1. The zero-order chi connectivity index (χ0) is 17.1. The van der Waals surface area contributed by atoms with Crippen LogP contribution in [0.5, 0.6) is 5.75 Å². The van der Waals surface area contributed by atoms with E-state index < -0.39 is 22.3 Å². The van der Waals surface area contributed by atoms with Crippen molar-refractivity contribution in [3.05, 3.63) is 58.4 Å². The molecule has 1 amide bonds. The second kappa shape index (κ2) is 6.53. The number of hydrogen-bond acceptors (Lipinski definition) is 6. The van der Waals surface area contributed by atoms with Gasteiger partial charge in [0.05, 0.1) is 10.5 Å². The minimum Gasteiger partial charge on any atom is -0.502 e. The molecule has 1 aliphatic rings. The van der Waals surface area contributed by atoms with E-state index in [9.17, 15) is 20.0 Å². The van der Waals surface area contributed by atoms with E-state index in [4.69, 9.17) is 0 Å². The molecule has 2 heterocycles. The lowest BCUT2D eigenvalue weighted by atomic mass is 10.1. The van der Waals surface area contributed by atoms with Crippen LogP contribution < -0.4 is 4.90 Å². The number of phenols is 1. The number of phenolic OH excluding ortho intramolecular Hbond substituents is 1. The molecule has 0 spiro atoms. The molecule has 2 aromatic rings. The van der Waals surface area contributed by atoms with Crippen molar-refractivity contribution in [3.8, 4) is 5.75 Å². The number of anilines is 1. The summed E-state index contributed by atoms with van der Waals surface area (Å²) in [4.78, 5) is 30.4. The zero-order valence-electron chi connectivity index (χ0n) is 12.8. The molecule has 0 radical (unpaired) electrons. The van der Waals surface area contributed by atoms with Crippen LogP contribution in [-0.4, -0.2) is 52.0 Å². The molecule has 124 valence electrons. The van der Waals surface area contributed by atoms with Gasteiger partial charge in [-0.3, -0.25) is 19.9 Å². The first-order chi connectivity index (χ1) is 11.6. The van der Waals surface area contributed by atoms with Gasteiger partial charge in [-0.2, -0.15) is 0 Å². The first-order valence-corrected chi connectivity index (χ1v) is 7.48. The number of amides is 1. The van der Waals surface area contributed by atoms with E-state index in [1.54, 1.807) is 17.3 Å². The van der Waals surface area contributed by atoms with Crippen molar-refractivity contribution in [1.29, 1.82) is 0 Å². The molecular formula is C16H16N4O4. The summed E-state index contributed by atoms with van der Waals surface area (Å²) in [6, 6.07) is 7.79. The van der Waals surface area contributed by atoms with Crippen LogP contribution in [-0.2, 0) is 0 Å². The van der Waals surface area contributed by atoms with Crippen LogP contribution in [0.3, 0.4) is 0 Å². The average Bonchev–Trinajstić information content (AvgIpc) is 2.62. The van der Waals surface area contributed by atoms with Gasteiger partial charge in [0.15, 0.2) is 0 Å². The molecule has 8 heteroatoms. The fourth-order valence-electron chi connectivity index (χ4n) is 2.74. The van der Waals surface area contributed by atoms with Gasteiger partial charge in [0.1, 0.15) is 0 Å². The number of piperazine rings is 1. The normalized spacial score (nSPS) is 14.5. The third-order valence-corrected chi connectivity index (χ3v) is 4.04. The number of para-hydroxylation sites is 1. The molecule has 0 aliphatic carbocycles. The third-order valence-electron chi connectivity index (χ3n) is 4.04. The van der Waals surface area contributed by atoms with Crippen LogP contribution in [0.1, 0.15) is 10.4 Å². The van der Waals surface area contributed by atoms with E-state index in [0.29, 0.717) is 26.2 Å². The standard InChI is InChI=1S/C16H16N4O4/c21-15-13(2-1-3-14(15)20(23)24)16(22)19-10-8-18(9-11-19)12-4-6-17-7-5-12/h1-7,21H,8-11H2. The third kappa shape index (κ3) is 2.98. The number of nitro benzene ring substituents is 1. The Morgan fingerprint density at radius 3 is 2.42 bits per heavy atom. The molecule has 1 aromatic heterocycles. The molecule has 1 saturated heterocycles. The van der Waals surface area contributed by atoms with Gasteiger partial charge in [-0.15, -0.1) is 0 Å². The van der Waals surface area contributed by atoms with E-state index in [-0.39, 0.29) is 5.56 Å². The molecule has 0 unspecified atom stereocenters. The number of nitrogens with zero attached hydrogens (tertiary/aromatic N) is 4. The lowest BCUT2D eigenvalue weighted by Gasteiger charge is -2.36. The molecule has 0 atom stereocenters. The smallest absolute Gasteiger partial charge is 0.311 e. The summed E-state index contributed by atoms with van der Waals surface area (Å²) < 4.78 is 0. The van der Waals surface area contributed by atoms with Crippen LogP contribution in [0.2, 0.25) is 0 Å². The lowest BCUT2D eigenvalue weighted by Crippen LogP contribution is -2.48. The molecule has 3 rings (SSSR count). The van der Waals surface area contributed by atoms with Crippen molar-refractivity contribution in [2.45, 2.75) is 0 Å². The van der Waals surface area contributed by atoms with E-state index in [2.05, 4.69) is 9.88 Å². The van der Waals surface area contributed by atoms with Crippen molar-refractivity contribution >= 4 is 17.3 Å². The van der Waals surface area contributed by atoms with Crippen molar-refractivity contribution < 1.29 is 14.8 Å². The minimum absolute atomic E-state index is 0.0402. The van der Waals surface area contributed by atoms with Crippen molar-refractivity contribution in [2.24, 2.45) is 0 Å². The lowest BCUT2D eigenvalue weighted by molar-refractivity contribution is -0.385. The summed E-state index contributed by atoms with van der Waals surface area (Å²) in [5.74, 6) is -0.977. The molecule has 1 aliphatic heterocycles. The Bertz CT molecular complexity index is 758. The molecule has 0 saturated carbocycles. The average molecular weight is 328 g/mol. The number of carbonyl (C=O) groups excluding carboxylic acids is 1. The number of rotatable bonds is 3. The SMILES string of the molecule is O=C(c1cccc([N+](=O)[O-])c1O)N1CCN(c2ccncc2)CC1. The number of aromatic nitrogens is 1. The molecular weight excluding hydrogens is 312 g/mol. The van der Waals surface area contributed by atoms with E-state index >= 15 is 0 Å². The molecule has 1 N–H and O–H groups in total. The Morgan fingerprint density at radius 2 is 1.79 bits per heavy atom. The molecule has 0 bridgehead atoms. The maximum Gasteiger partial charge on any atom is 0.311 e.